The van der Waals surface area contributed by atoms with Gasteiger partial charge >= 0.3 is 0 Å². The highest BCUT2D eigenvalue weighted by molar-refractivity contribution is 6.30. The largest absolute Gasteiger partial charge is 0.317 e. The molecule has 0 aliphatic carbocycles. The zero-order valence-electron chi connectivity index (χ0n) is 19.1. The standard InChI is InChI=1S/C27H33ClN4/c1-20(15-22-7-4-3-5-8-22)25-9-6-12-30-27(25)19-32(24-10-13-29-14-11-24)18-26-21(2)16-23(28)17-31-26/h3-9,12,16-17,20,24,29H,10-11,13-15,18-19H2,1-2H3. The maximum Gasteiger partial charge on any atom is 0.0592 e. The molecule has 3 heterocycles. The Morgan fingerprint density at radius 2 is 1.78 bits per heavy atom. The Morgan fingerprint density at radius 3 is 2.53 bits per heavy atom. The molecular formula is C27H33ClN4. The Labute approximate surface area is 197 Å². The molecule has 1 atom stereocenters. The Morgan fingerprint density at radius 1 is 1.03 bits per heavy atom. The van der Waals surface area contributed by atoms with E-state index in [1.54, 1.807) is 6.20 Å². The minimum absolute atomic E-state index is 0.409. The van der Waals surface area contributed by atoms with Crippen molar-refractivity contribution in [3.63, 3.8) is 0 Å². The molecule has 2 aromatic heterocycles. The van der Waals surface area contributed by atoms with Crippen LogP contribution in [-0.2, 0) is 19.5 Å². The zero-order chi connectivity index (χ0) is 22.3. The van der Waals surface area contributed by atoms with Crippen molar-refractivity contribution >= 4 is 11.6 Å². The third-order valence-electron chi connectivity index (χ3n) is 6.53. The smallest absolute Gasteiger partial charge is 0.0592 e. The Bertz CT molecular complexity index is 1000. The third-order valence-corrected chi connectivity index (χ3v) is 6.73. The summed E-state index contributed by atoms with van der Waals surface area (Å²) in [6.07, 6.45) is 7.01. The quantitative estimate of drug-likeness (QED) is 0.491. The summed E-state index contributed by atoms with van der Waals surface area (Å²) < 4.78 is 0. The molecule has 0 radical (unpaired) electrons. The molecule has 3 aromatic rings. The first-order valence-electron chi connectivity index (χ1n) is 11.6. The predicted molar refractivity (Wildman–Crippen MR) is 132 cm³/mol. The fourth-order valence-corrected chi connectivity index (χ4v) is 4.93. The first kappa shape index (κ1) is 22.9. The van der Waals surface area contributed by atoms with Crippen molar-refractivity contribution in [2.75, 3.05) is 13.1 Å². The number of piperidine rings is 1. The summed E-state index contributed by atoms with van der Waals surface area (Å²) in [5.74, 6) is 0.409. The van der Waals surface area contributed by atoms with Gasteiger partial charge in [0.1, 0.15) is 0 Å². The van der Waals surface area contributed by atoms with Crippen LogP contribution in [-0.4, -0.2) is 34.0 Å². The number of hydrogen-bond donors (Lipinski definition) is 1. The molecule has 0 spiro atoms. The SMILES string of the molecule is Cc1cc(Cl)cnc1CN(Cc1ncccc1C(C)Cc1ccccc1)C1CCNCC1. The van der Waals surface area contributed by atoms with E-state index in [1.165, 1.54) is 16.8 Å². The van der Waals surface area contributed by atoms with Crippen LogP contribution in [0.2, 0.25) is 5.02 Å². The lowest BCUT2D eigenvalue weighted by Crippen LogP contribution is -2.43. The number of hydrogen-bond acceptors (Lipinski definition) is 4. The molecular weight excluding hydrogens is 416 g/mol. The number of halogens is 1. The first-order chi connectivity index (χ1) is 15.6. The van der Waals surface area contributed by atoms with E-state index in [1.807, 2.05) is 12.3 Å². The van der Waals surface area contributed by atoms with E-state index in [0.29, 0.717) is 17.0 Å². The third kappa shape index (κ3) is 5.94. The molecule has 1 aliphatic rings. The van der Waals surface area contributed by atoms with Crippen molar-refractivity contribution in [1.82, 2.24) is 20.2 Å². The molecule has 5 heteroatoms. The van der Waals surface area contributed by atoms with Gasteiger partial charge < -0.3 is 5.32 Å². The number of pyridine rings is 2. The molecule has 4 nitrogen and oxygen atoms in total. The van der Waals surface area contributed by atoms with E-state index in [0.717, 1.165) is 56.7 Å². The molecule has 1 fully saturated rings. The summed E-state index contributed by atoms with van der Waals surface area (Å²) in [7, 11) is 0. The second kappa shape index (κ2) is 11.0. The van der Waals surface area contributed by atoms with Gasteiger partial charge in [-0.2, -0.15) is 0 Å². The van der Waals surface area contributed by atoms with Gasteiger partial charge in [-0.25, -0.2) is 0 Å². The maximum atomic E-state index is 6.16. The predicted octanol–water partition coefficient (Wildman–Crippen LogP) is 5.54. The maximum absolute atomic E-state index is 6.16. The Hall–Kier alpha value is -2.27. The van der Waals surface area contributed by atoms with E-state index in [4.69, 9.17) is 16.6 Å². The molecule has 4 rings (SSSR count). The van der Waals surface area contributed by atoms with Crippen LogP contribution >= 0.6 is 11.6 Å². The van der Waals surface area contributed by atoms with E-state index in [9.17, 15) is 0 Å². The summed E-state index contributed by atoms with van der Waals surface area (Å²) >= 11 is 6.16. The van der Waals surface area contributed by atoms with Gasteiger partial charge in [0.05, 0.1) is 16.4 Å². The van der Waals surface area contributed by atoms with Gasteiger partial charge in [-0.15, -0.1) is 0 Å². The molecule has 1 aromatic carbocycles. The van der Waals surface area contributed by atoms with Crippen LogP contribution in [0.15, 0.2) is 60.9 Å². The van der Waals surface area contributed by atoms with E-state index >= 15 is 0 Å². The van der Waals surface area contributed by atoms with Gasteiger partial charge in [-0.1, -0.05) is 54.9 Å². The van der Waals surface area contributed by atoms with Crippen molar-refractivity contribution in [2.24, 2.45) is 0 Å². The molecule has 0 bridgehead atoms. The second-order valence-corrected chi connectivity index (χ2v) is 9.37. The van der Waals surface area contributed by atoms with Crippen molar-refractivity contribution in [1.29, 1.82) is 0 Å². The van der Waals surface area contributed by atoms with Gasteiger partial charge in [-0.05, 0) is 74.0 Å². The topological polar surface area (TPSA) is 41.1 Å². The van der Waals surface area contributed by atoms with Crippen molar-refractivity contribution < 1.29 is 0 Å². The van der Waals surface area contributed by atoms with E-state index < -0.39 is 0 Å². The fraction of sp³-hybridized carbons (Fsp3) is 0.407. The van der Waals surface area contributed by atoms with Crippen LogP contribution in [0.3, 0.4) is 0 Å². The summed E-state index contributed by atoms with van der Waals surface area (Å²) in [6, 6.07) is 17.6. The number of aryl methyl sites for hydroxylation is 1. The van der Waals surface area contributed by atoms with Crippen LogP contribution in [0.1, 0.15) is 53.8 Å². The molecule has 1 N–H and O–H groups in total. The van der Waals surface area contributed by atoms with Crippen molar-refractivity contribution in [3.8, 4) is 0 Å². The lowest BCUT2D eigenvalue weighted by molar-refractivity contribution is 0.141. The fourth-order valence-electron chi connectivity index (χ4n) is 4.71. The number of aromatic nitrogens is 2. The monoisotopic (exact) mass is 448 g/mol. The average molecular weight is 449 g/mol. The highest BCUT2D eigenvalue weighted by Crippen LogP contribution is 2.26. The normalized spacial score (nSPS) is 15.8. The van der Waals surface area contributed by atoms with Crippen molar-refractivity contribution in [3.05, 3.63) is 94.0 Å². The summed E-state index contributed by atoms with van der Waals surface area (Å²) in [5, 5.41) is 4.19. The molecule has 32 heavy (non-hydrogen) atoms. The van der Waals surface area contributed by atoms with Gasteiger partial charge in [-0.3, -0.25) is 14.9 Å². The summed E-state index contributed by atoms with van der Waals surface area (Å²) in [4.78, 5) is 12.1. The minimum atomic E-state index is 0.409. The lowest BCUT2D eigenvalue weighted by Gasteiger charge is -2.35. The Kier molecular flexibility index (Phi) is 7.90. The van der Waals surface area contributed by atoms with Crippen LogP contribution in [0.5, 0.6) is 0 Å². The van der Waals surface area contributed by atoms with Crippen LogP contribution < -0.4 is 5.32 Å². The molecule has 0 saturated carbocycles. The number of benzene rings is 1. The number of nitrogens with zero attached hydrogens (tertiary/aromatic N) is 3. The second-order valence-electron chi connectivity index (χ2n) is 8.93. The van der Waals surface area contributed by atoms with E-state index in [2.05, 4.69) is 71.5 Å². The van der Waals surface area contributed by atoms with Gasteiger partial charge in [0.15, 0.2) is 0 Å². The van der Waals surface area contributed by atoms with E-state index in [-0.39, 0.29) is 0 Å². The lowest BCUT2D eigenvalue weighted by atomic mass is 9.92. The average Bonchev–Trinajstić information content (AvgIpc) is 2.82. The molecule has 1 saturated heterocycles. The van der Waals surface area contributed by atoms with Gasteiger partial charge in [0.25, 0.3) is 0 Å². The van der Waals surface area contributed by atoms with Crippen LogP contribution in [0, 0.1) is 6.92 Å². The first-order valence-corrected chi connectivity index (χ1v) is 12.0. The molecule has 1 unspecified atom stereocenters. The number of nitrogens with one attached hydrogen (secondary N) is 1. The summed E-state index contributed by atoms with van der Waals surface area (Å²) in [5.41, 5.74) is 6.14. The van der Waals surface area contributed by atoms with Gasteiger partial charge in [0, 0.05) is 31.5 Å². The molecule has 1 aliphatic heterocycles. The van der Waals surface area contributed by atoms with Crippen molar-refractivity contribution in [2.45, 2.75) is 58.2 Å². The van der Waals surface area contributed by atoms with Crippen LogP contribution in [0.4, 0.5) is 0 Å². The molecule has 0 amide bonds. The Balaban J connectivity index is 1.57. The number of rotatable bonds is 8. The highest BCUT2D eigenvalue weighted by atomic mass is 35.5. The highest BCUT2D eigenvalue weighted by Gasteiger charge is 2.24. The van der Waals surface area contributed by atoms with Crippen LogP contribution in [0.25, 0.3) is 0 Å². The zero-order valence-corrected chi connectivity index (χ0v) is 19.9. The molecule has 168 valence electrons. The van der Waals surface area contributed by atoms with Gasteiger partial charge in [0.2, 0.25) is 0 Å². The minimum Gasteiger partial charge on any atom is -0.317 e. The summed E-state index contributed by atoms with van der Waals surface area (Å²) in [6.45, 7) is 8.19.